The van der Waals surface area contributed by atoms with Gasteiger partial charge in [0.2, 0.25) is 0 Å². The summed E-state index contributed by atoms with van der Waals surface area (Å²) < 4.78 is 0. The fraction of sp³-hybridized carbons (Fsp3) is 0.824. The molecule has 0 heterocycles. The molecular formula is C34H58O4. The van der Waals surface area contributed by atoms with Crippen LogP contribution in [-0.2, 0) is 0 Å². The Bertz CT molecular complexity index is 857. The SMILES string of the molecule is C=C1/C(=C\C=C2/CC[C@H](CCCCC(C)(C)O)[C@]3(C)[C@@H]([C@H](C)CCCC(C)(C)O)CC[C@@H]23)C[C@@H](O)C[C@@H]1O. The first kappa shape index (κ1) is 31.6. The van der Waals surface area contributed by atoms with Gasteiger partial charge in [0, 0.05) is 6.42 Å². The highest BCUT2D eigenvalue weighted by molar-refractivity contribution is 5.38. The second kappa shape index (κ2) is 12.7. The summed E-state index contributed by atoms with van der Waals surface area (Å²) in [6.45, 7) is 16.8. The van der Waals surface area contributed by atoms with Crippen LogP contribution in [0.3, 0.4) is 0 Å². The van der Waals surface area contributed by atoms with Crippen LogP contribution in [0.1, 0.15) is 125 Å². The summed E-state index contributed by atoms with van der Waals surface area (Å²) in [5.41, 5.74) is 2.38. The molecule has 0 aromatic heterocycles. The van der Waals surface area contributed by atoms with Crippen LogP contribution in [0.2, 0.25) is 0 Å². The summed E-state index contributed by atoms with van der Waals surface area (Å²) in [4.78, 5) is 0. The average Bonchev–Trinajstić information content (AvgIpc) is 3.15. The second-order valence-electron chi connectivity index (χ2n) is 14.6. The van der Waals surface area contributed by atoms with Crippen molar-refractivity contribution >= 4 is 0 Å². The number of rotatable bonds is 11. The normalized spacial score (nSPS) is 35.6. The Kier molecular flexibility index (Phi) is 10.6. The van der Waals surface area contributed by atoms with Crippen molar-refractivity contribution in [3.05, 3.63) is 35.5 Å². The number of aliphatic hydroxyl groups excluding tert-OH is 2. The van der Waals surface area contributed by atoms with Crippen LogP contribution in [0.4, 0.5) is 0 Å². The molecule has 3 aliphatic carbocycles. The van der Waals surface area contributed by atoms with Gasteiger partial charge in [-0.05, 0) is 119 Å². The first-order valence-electron chi connectivity index (χ1n) is 15.5. The molecule has 0 spiro atoms. The van der Waals surface area contributed by atoms with Crippen molar-refractivity contribution in [2.75, 3.05) is 0 Å². The number of hydrogen-bond acceptors (Lipinski definition) is 4. The lowest BCUT2D eigenvalue weighted by Gasteiger charge is -2.50. The number of hydrogen-bond donors (Lipinski definition) is 4. The van der Waals surface area contributed by atoms with Gasteiger partial charge in [-0.25, -0.2) is 0 Å². The maximum absolute atomic E-state index is 10.3. The Hall–Kier alpha value is -0.940. The number of aliphatic hydroxyl groups is 4. The molecule has 3 rings (SSSR count). The van der Waals surface area contributed by atoms with Gasteiger partial charge in [0.1, 0.15) is 0 Å². The highest BCUT2D eigenvalue weighted by Gasteiger charge is 2.54. The quantitative estimate of drug-likeness (QED) is 0.212. The molecule has 0 amide bonds. The molecule has 4 heteroatoms. The Morgan fingerprint density at radius 2 is 1.63 bits per heavy atom. The van der Waals surface area contributed by atoms with E-state index < -0.39 is 23.4 Å². The van der Waals surface area contributed by atoms with Crippen LogP contribution in [0.15, 0.2) is 35.5 Å². The minimum absolute atomic E-state index is 0.258. The minimum Gasteiger partial charge on any atom is -0.393 e. The Morgan fingerprint density at radius 3 is 2.29 bits per heavy atom. The van der Waals surface area contributed by atoms with E-state index in [1.165, 1.54) is 38.5 Å². The van der Waals surface area contributed by atoms with Crippen molar-refractivity contribution in [1.29, 1.82) is 0 Å². The van der Waals surface area contributed by atoms with Crippen molar-refractivity contribution in [1.82, 2.24) is 0 Å². The third-order valence-electron chi connectivity index (χ3n) is 10.4. The highest BCUT2D eigenvalue weighted by atomic mass is 16.3. The van der Waals surface area contributed by atoms with Crippen molar-refractivity contribution in [3.8, 4) is 0 Å². The molecule has 3 saturated carbocycles. The second-order valence-corrected chi connectivity index (χ2v) is 14.6. The molecule has 0 saturated heterocycles. The minimum atomic E-state index is -0.645. The molecule has 7 atom stereocenters. The maximum Gasteiger partial charge on any atom is 0.0811 e. The number of unbranched alkanes of at least 4 members (excludes halogenated alkanes) is 1. The van der Waals surface area contributed by atoms with Crippen LogP contribution in [-0.4, -0.2) is 43.8 Å². The Balaban J connectivity index is 1.80. The number of fused-ring (bicyclic) bond motifs is 1. The van der Waals surface area contributed by atoms with Crippen LogP contribution >= 0.6 is 0 Å². The molecule has 4 N–H and O–H groups in total. The molecule has 0 aromatic carbocycles. The molecule has 4 nitrogen and oxygen atoms in total. The predicted molar refractivity (Wildman–Crippen MR) is 158 cm³/mol. The molecule has 0 unspecified atom stereocenters. The van der Waals surface area contributed by atoms with Crippen molar-refractivity contribution in [2.24, 2.45) is 29.1 Å². The van der Waals surface area contributed by atoms with E-state index in [1.54, 1.807) is 5.57 Å². The molecule has 0 bridgehead atoms. The molecule has 3 aliphatic rings. The zero-order valence-electron chi connectivity index (χ0n) is 25.3. The zero-order valence-corrected chi connectivity index (χ0v) is 25.3. The predicted octanol–water partition coefficient (Wildman–Crippen LogP) is 7.26. The summed E-state index contributed by atoms with van der Waals surface area (Å²) in [5.74, 6) is 2.57. The monoisotopic (exact) mass is 530 g/mol. The van der Waals surface area contributed by atoms with E-state index in [2.05, 4.69) is 32.6 Å². The van der Waals surface area contributed by atoms with Crippen LogP contribution in [0.25, 0.3) is 0 Å². The highest BCUT2D eigenvalue weighted by Crippen LogP contribution is 2.63. The van der Waals surface area contributed by atoms with E-state index in [0.717, 1.165) is 43.3 Å². The molecule has 218 valence electrons. The van der Waals surface area contributed by atoms with Gasteiger partial charge >= 0.3 is 0 Å². The van der Waals surface area contributed by atoms with Crippen LogP contribution in [0, 0.1) is 29.1 Å². The van der Waals surface area contributed by atoms with E-state index in [0.29, 0.717) is 36.5 Å². The van der Waals surface area contributed by atoms with Gasteiger partial charge < -0.3 is 20.4 Å². The molecule has 0 radical (unpaired) electrons. The first-order valence-corrected chi connectivity index (χ1v) is 15.5. The van der Waals surface area contributed by atoms with E-state index in [-0.39, 0.29) is 5.41 Å². The Morgan fingerprint density at radius 1 is 0.974 bits per heavy atom. The fourth-order valence-electron chi connectivity index (χ4n) is 8.25. The van der Waals surface area contributed by atoms with E-state index >= 15 is 0 Å². The van der Waals surface area contributed by atoms with Gasteiger partial charge in [0.25, 0.3) is 0 Å². The third kappa shape index (κ3) is 8.05. The lowest BCUT2D eigenvalue weighted by atomic mass is 9.54. The van der Waals surface area contributed by atoms with Gasteiger partial charge in [-0.2, -0.15) is 0 Å². The summed E-state index contributed by atoms with van der Waals surface area (Å²) in [5, 5.41) is 40.9. The summed E-state index contributed by atoms with van der Waals surface area (Å²) >= 11 is 0. The fourth-order valence-corrected chi connectivity index (χ4v) is 8.25. The lowest BCUT2D eigenvalue weighted by molar-refractivity contribution is 0.0159. The largest absolute Gasteiger partial charge is 0.393 e. The van der Waals surface area contributed by atoms with E-state index in [1.807, 2.05) is 27.7 Å². The van der Waals surface area contributed by atoms with Crippen molar-refractivity contribution in [3.63, 3.8) is 0 Å². The smallest absolute Gasteiger partial charge is 0.0811 e. The molecule has 0 aliphatic heterocycles. The maximum atomic E-state index is 10.3. The molecule has 3 fully saturated rings. The van der Waals surface area contributed by atoms with Crippen LogP contribution < -0.4 is 0 Å². The lowest BCUT2D eigenvalue weighted by Crippen LogP contribution is -2.43. The van der Waals surface area contributed by atoms with Gasteiger partial charge in [0.05, 0.1) is 23.4 Å². The summed E-state index contributed by atoms with van der Waals surface area (Å²) in [7, 11) is 0. The van der Waals surface area contributed by atoms with E-state index in [9.17, 15) is 20.4 Å². The van der Waals surface area contributed by atoms with Gasteiger partial charge in [-0.15, -0.1) is 0 Å². The van der Waals surface area contributed by atoms with Gasteiger partial charge in [0.15, 0.2) is 0 Å². The van der Waals surface area contributed by atoms with Crippen molar-refractivity contribution in [2.45, 2.75) is 148 Å². The van der Waals surface area contributed by atoms with Crippen molar-refractivity contribution < 1.29 is 20.4 Å². The molecular weight excluding hydrogens is 472 g/mol. The van der Waals surface area contributed by atoms with Crippen LogP contribution in [0.5, 0.6) is 0 Å². The first-order chi connectivity index (χ1) is 17.6. The molecule has 38 heavy (non-hydrogen) atoms. The number of allylic oxidation sites excluding steroid dienone is 3. The molecule has 0 aromatic rings. The van der Waals surface area contributed by atoms with Gasteiger partial charge in [-0.3, -0.25) is 0 Å². The standard InChI is InChI=1S/C34H58O4/c1-23(11-10-20-33(5,6)38)29-17-18-30-25(13-14-26-21-28(35)22-31(36)24(26)2)15-16-27(34(29,30)7)12-8-9-19-32(3,4)37/h13-14,23,27-31,35-38H,2,8-12,15-22H2,1,3-7H3/b25-13+,26-14-/t23-,27+,28-,29-,30+,31+,34-/m1/s1. The van der Waals surface area contributed by atoms with E-state index in [4.69, 9.17) is 0 Å². The van der Waals surface area contributed by atoms with Gasteiger partial charge in [-0.1, -0.05) is 63.8 Å². The summed E-state index contributed by atoms with van der Waals surface area (Å²) in [6.07, 6.45) is 16.6. The average molecular weight is 531 g/mol. The topological polar surface area (TPSA) is 80.9 Å². The zero-order chi connectivity index (χ0) is 28.3. The Labute approximate surface area is 233 Å². The summed E-state index contributed by atoms with van der Waals surface area (Å²) in [6, 6.07) is 0. The third-order valence-corrected chi connectivity index (χ3v) is 10.4.